The van der Waals surface area contributed by atoms with Crippen molar-refractivity contribution in [2.24, 2.45) is 0 Å². The first-order valence-corrected chi connectivity index (χ1v) is 13.1. The van der Waals surface area contributed by atoms with Gasteiger partial charge in [0.25, 0.3) is 0 Å². The largest absolute Gasteiger partial charge is 0.481 e. The maximum atomic E-state index is 12.0. The fourth-order valence-corrected chi connectivity index (χ4v) is 4.26. The van der Waals surface area contributed by atoms with Gasteiger partial charge in [-0.2, -0.15) is 0 Å². The normalized spacial score (nSPS) is 10.3. The molecule has 0 amide bonds. The first-order valence-electron chi connectivity index (χ1n) is 13.1. The highest BCUT2D eigenvalue weighted by Crippen LogP contribution is 2.32. The van der Waals surface area contributed by atoms with Crippen LogP contribution in [0.5, 0.6) is 17.2 Å². The van der Waals surface area contributed by atoms with Gasteiger partial charge in [0.15, 0.2) is 32.4 Å². The van der Waals surface area contributed by atoms with E-state index in [0.29, 0.717) is 31.2 Å². The van der Waals surface area contributed by atoms with Crippen molar-refractivity contribution in [3.05, 3.63) is 87.5 Å². The van der Waals surface area contributed by atoms with Crippen LogP contribution in [-0.4, -0.2) is 71.6 Å². The number of esters is 3. The van der Waals surface area contributed by atoms with E-state index in [1.165, 1.54) is 21.3 Å². The summed E-state index contributed by atoms with van der Waals surface area (Å²) in [7, 11) is 3.74. The molecule has 3 rings (SSSR count). The lowest BCUT2D eigenvalue weighted by atomic mass is 9.94. The first kappa shape index (κ1) is 32.3. The molecular weight excluding hydrogens is 560 g/mol. The Balaban J connectivity index is 1.96. The highest BCUT2D eigenvalue weighted by molar-refractivity contribution is 5.81. The molecule has 0 fully saturated rings. The second kappa shape index (κ2) is 15.7. The van der Waals surface area contributed by atoms with Gasteiger partial charge in [-0.1, -0.05) is 29.8 Å². The lowest BCUT2D eigenvalue weighted by Gasteiger charge is -2.18. The van der Waals surface area contributed by atoms with Gasteiger partial charge in [-0.25, -0.2) is 14.4 Å². The molecule has 0 aliphatic rings. The Morgan fingerprint density at radius 2 is 1.00 bits per heavy atom. The molecule has 0 unspecified atom stereocenters. The maximum Gasteiger partial charge on any atom is 0.343 e. The number of hydrogen-bond acceptors (Lipinski definition) is 11. The van der Waals surface area contributed by atoms with Crippen molar-refractivity contribution in [3.63, 3.8) is 0 Å². The summed E-state index contributed by atoms with van der Waals surface area (Å²) in [6.45, 7) is 0.902. The number of benzene rings is 3. The van der Waals surface area contributed by atoms with E-state index in [1.54, 1.807) is 36.4 Å². The van der Waals surface area contributed by atoms with Crippen LogP contribution in [0.15, 0.2) is 48.5 Å². The van der Waals surface area contributed by atoms with Crippen LogP contribution in [0.2, 0.25) is 0 Å². The number of hydrogen-bond donors (Lipinski definition) is 0. The summed E-state index contributed by atoms with van der Waals surface area (Å²) in [5.41, 5.74) is 4.41. The van der Waals surface area contributed by atoms with E-state index < -0.39 is 17.9 Å². The molecule has 0 aliphatic heterocycles. The number of carbonyl (C=O) groups excluding carboxylic acids is 5. The minimum absolute atomic E-state index is 0.237. The van der Waals surface area contributed by atoms with Crippen LogP contribution >= 0.6 is 0 Å². The Labute approximate surface area is 248 Å². The molecule has 0 aliphatic carbocycles. The Bertz CT molecular complexity index is 1390. The molecule has 0 bridgehead atoms. The zero-order valence-corrected chi connectivity index (χ0v) is 24.3. The Kier molecular flexibility index (Phi) is 11.8. The first-order chi connectivity index (χ1) is 20.7. The van der Waals surface area contributed by atoms with Gasteiger partial charge in [0.1, 0.15) is 17.2 Å². The third-order valence-corrected chi connectivity index (χ3v) is 6.29. The van der Waals surface area contributed by atoms with Crippen molar-refractivity contribution in [3.8, 4) is 17.2 Å². The smallest absolute Gasteiger partial charge is 0.343 e. The average Bonchev–Trinajstić information content (AvgIpc) is 3.02. The Hall–Kier alpha value is -5.19. The summed E-state index contributed by atoms with van der Waals surface area (Å²) in [5, 5.41) is 0. The lowest BCUT2D eigenvalue weighted by Crippen LogP contribution is -2.15. The molecular formula is C32H32O11. The summed E-state index contributed by atoms with van der Waals surface area (Å²) < 4.78 is 30.7. The fourth-order valence-electron chi connectivity index (χ4n) is 4.26. The monoisotopic (exact) mass is 592 g/mol. The van der Waals surface area contributed by atoms with Crippen LogP contribution < -0.4 is 14.2 Å². The molecule has 0 spiro atoms. The van der Waals surface area contributed by atoms with Crippen molar-refractivity contribution in [2.75, 3.05) is 41.2 Å². The summed E-state index contributed by atoms with van der Waals surface area (Å²) in [6.07, 6.45) is 1.94. The SMILES string of the molecule is COC(=O)COc1ccc(Cc2cc(C)cc(Cc3ccc(OCC(=O)OC)c(C=O)c3)c2OCC(=O)OC)cc1C=O. The van der Waals surface area contributed by atoms with Crippen molar-refractivity contribution in [1.29, 1.82) is 0 Å². The molecule has 0 N–H and O–H groups in total. The van der Waals surface area contributed by atoms with Crippen molar-refractivity contribution < 1.29 is 52.4 Å². The number of aryl methyl sites for hydroxylation is 1. The van der Waals surface area contributed by atoms with Gasteiger partial charge in [0, 0.05) is 12.8 Å². The molecule has 0 saturated heterocycles. The zero-order chi connectivity index (χ0) is 31.4. The highest BCUT2D eigenvalue weighted by atomic mass is 16.6. The Morgan fingerprint density at radius 1 is 0.605 bits per heavy atom. The third kappa shape index (κ3) is 9.15. The van der Waals surface area contributed by atoms with Crippen LogP contribution in [0.4, 0.5) is 0 Å². The van der Waals surface area contributed by atoms with Crippen LogP contribution in [-0.2, 0) is 41.4 Å². The molecule has 0 heterocycles. The maximum absolute atomic E-state index is 12.0. The van der Waals surface area contributed by atoms with Crippen molar-refractivity contribution in [1.82, 2.24) is 0 Å². The van der Waals surface area contributed by atoms with Crippen LogP contribution in [0.25, 0.3) is 0 Å². The van der Waals surface area contributed by atoms with E-state index in [0.717, 1.165) is 27.8 Å². The van der Waals surface area contributed by atoms with Gasteiger partial charge < -0.3 is 28.4 Å². The topological polar surface area (TPSA) is 141 Å². The zero-order valence-electron chi connectivity index (χ0n) is 24.3. The molecule has 0 aromatic heterocycles. The number of aldehydes is 2. The van der Waals surface area contributed by atoms with E-state index in [4.69, 9.17) is 18.9 Å². The number of methoxy groups -OCH3 is 3. The van der Waals surface area contributed by atoms with E-state index in [-0.39, 0.29) is 42.4 Å². The Morgan fingerprint density at radius 3 is 1.37 bits per heavy atom. The summed E-state index contributed by atoms with van der Waals surface area (Å²) in [4.78, 5) is 58.4. The van der Waals surface area contributed by atoms with Crippen molar-refractivity contribution in [2.45, 2.75) is 19.8 Å². The van der Waals surface area contributed by atoms with Gasteiger partial charge in [-0.3, -0.25) is 9.59 Å². The van der Waals surface area contributed by atoms with E-state index in [2.05, 4.69) is 9.47 Å². The summed E-state index contributed by atoms with van der Waals surface area (Å²) in [5.74, 6) is -0.799. The molecule has 3 aromatic carbocycles. The van der Waals surface area contributed by atoms with E-state index >= 15 is 0 Å². The standard InChI is InChI=1S/C32H32O11/c1-20-9-23(11-21-5-7-27(25(13-21)15-33)41-17-29(35)38-2)32(43-19-31(37)40-4)24(10-20)12-22-6-8-28(26(14-22)16-34)42-18-30(36)39-3/h5-10,13-16H,11-12,17-19H2,1-4H3. The minimum atomic E-state index is -0.579. The number of carbonyl (C=O) groups is 5. The second-order valence-corrected chi connectivity index (χ2v) is 9.34. The van der Waals surface area contributed by atoms with Gasteiger partial charge >= 0.3 is 17.9 Å². The highest BCUT2D eigenvalue weighted by Gasteiger charge is 2.17. The number of ether oxygens (including phenoxy) is 6. The summed E-state index contributed by atoms with van der Waals surface area (Å²) in [6, 6.07) is 13.8. The summed E-state index contributed by atoms with van der Waals surface area (Å²) >= 11 is 0. The lowest BCUT2D eigenvalue weighted by molar-refractivity contribution is -0.143. The van der Waals surface area contributed by atoms with Gasteiger partial charge in [0.05, 0.1) is 32.5 Å². The average molecular weight is 593 g/mol. The van der Waals surface area contributed by atoms with Crippen LogP contribution in [0.3, 0.4) is 0 Å². The van der Waals surface area contributed by atoms with Gasteiger partial charge in [0.2, 0.25) is 0 Å². The van der Waals surface area contributed by atoms with Gasteiger partial charge in [-0.15, -0.1) is 0 Å². The van der Waals surface area contributed by atoms with Gasteiger partial charge in [-0.05, 0) is 53.4 Å². The molecule has 3 aromatic rings. The minimum Gasteiger partial charge on any atom is -0.481 e. The second-order valence-electron chi connectivity index (χ2n) is 9.34. The van der Waals surface area contributed by atoms with Crippen LogP contribution in [0.1, 0.15) is 48.5 Å². The number of rotatable bonds is 15. The molecule has 0 radical (unpaired) electrons. The molecule has 11 nitrogen and oxygen atoms in total. The molecule has 226 valence electrons. The fraction of sp³-hybridized carbons (Fsp3) is 0.281. The molecule has 0 atom stereocenters. The van der Waals surface area contributed by atoms with E-state index in [1.807, 2.05) is 19.1 Å². The quantitative estimate of drug-likeness (QED) is 0.146. The van der Waals surface area contributed by atoms with Crippen molar-refractivity contribution >= 4 is 30.5 Å². The molecule has 43 heavy (non-hydrogen) atoms. The predicted octanol–water partition coefficient (Wildman–Crippen LogP) is 3.46. The van der Waals surface area contributed by atoms with Crippen LogP contribution in [0, 0.1) is 6.92 Å². The molecule has 11 heteroatoms. The molecule has 0 saturated carbocycles. The van der Waals surface area contributed by atoms with E-state index in [9.17, 15) is 24.0 Å². The predicted molar refractivity (Wildman–Crippen MR) is 153 cm³/mol. The third-order valence-electron chi connectivity index (χ3n) is 6.29.